The van der Waals surface area contributed by atoms with Crippen LogP contribution in [0.3, 0.4) is 0 Å². The zero-order valence-electron chi connectivity index (χ0n) is 18.9. The number of alkyl halides is 3. The Bertz CT molecular complexity index is 1090. The summed E-state index contributed by atoms with van der Waals surface area (Å²) in [5.41, 5.74) is 3.14. The second-order valence-corrected chi connectivity index (χ2v) is 7.71. The smallest absolute Gasteiger partial charge is 0.406 e. The molecule has 2 amide bonds. The van der Waals surface area contributed by atoms with Crippen molar-refractivity contribution in [2.45, 2.75) is 34.1 Å². The molecule has 1 aromatic heterocycles. The van der Waals surface area contributed by atoms with Gasteiger partial charge in [0.2, 0.25) is 0 Å². The number of aryl methyl sites for hydroxylation is 1. The number of amides is 2. The van der Waals surface area contributed by atoms with E-state index in [4.69, 9.17) is 0 Å². The number of benzene rings is 1. The van der Waals surface area contributed by atoms with E-state index in [0.29, 0.717) is 40.3 Å². The molecule has 0 fully saturated rings. The number of rotatable bonds is 8. The van der Waals surface area contributed by atoms with Crippen LogP contribution in [0.25, 0.3) is 11.6 Å². The molecule has 0 saturated heterocycles. The molecular weight excluding hydrogens is 437 g/mol. The second kappa shape index (κ2) is 9.70. The fourth-order valence-electron chi connectivity index (χ4n) is 3.87. The molecule has 0 unspecified atom stereocenters. The Morgan fingerprint density at radius 2 is 1.91 bits per heavy atom. The van der Waals surface area contributed by atoms with Crippen LogP contribution in [0.2, 0.25) is 0 Å². The van der Waals surface area contributed by atoms with E-state index >= 15 is 0 Å². The summed E-state index contributed by atoms with van der Waals surface area (Å²) in [5.74, 6) is -1.10. The van der Waals surface area contributed by atoms with Crippen molar-refractivity contribution < 1.29 is 27.5 Å². The molecule has 1 aliphatic heterocycles. The van der Waals surface area contributed by atoms with Crippen molar-refractivity contribution in [3.05, 3.63) is 46.3 Å². The molecule has 2 aromatic rings. The van der Waals surface area contributed by atoms with Crippen molar-refractivity contribution in [1.82, 2.24) is 15.2 Å². The number of likely N-dealkylation sites (N-methyl/N-ethyl adjacent to an activating group) is 1. The summed E-state index contributed by atoms with van der Waals surface area (Å²) in [5, 5.41) is 5.55. The van der Waals surface area contributed by atoms with E-state index in [-0.39, 0.29) is 11.5 Å². The maximum Gasteiger partial charge on any atom is 0.573 e. The maximum atomic E-state index is 12.8. The van der Waals surface area contributed by atoms with E-state index < -0.39 is 18.0 Å². The van der Waals surface area contributed by atoms with Gasteiger partial charge in [0.15, 0.2) is 0 Å². The lowest BCUT2D eigenvalue weighted by Crippen LogP contribution is -2.35. The van der Waals surface area contributed by atoms with Gasteiger partial charge in [-0.05, 0) is 56.8 Å². The van der Waals surface area contributed by atoms with Gasteiger partial charge in [-0.15, -0.1) is 13.2 Å². The molecule has 3 N–H and O–H groups in total. The van der Waals surface area contributed by atoms with Gasteiger partial charge < -0.3 is 25.3 Å². The van der Waals surface area contributed by atoms with Crippen molar-refractivity contribution in [3.63, 3.8) is 0 Å². The summed E-state index contributed by atoms with van der Waals surface area (Å²) in [6.45, 7) is 10.6. The molecule has 33 heavy (non-hydrogen) atoms. The number of ether oxygens (including phenoxy) is 1. The Morgan fingerprint density at radius 3 is 2.55 bits per heavy atom. The number of hydrogen-bond acceptors (Lipinski definition) is 4. The van der Waals surface area contributed by atoms with Gasteiger partial charge >= 0.3 is 6.36 Å². The standard InChI is InChI=1S/C23H27F3N4O3/c1-5-30(6-2)10-9-27-22(32)20-13(3)19(28-14(20)4)12-17-16-11-15(33-23(24,25)26)7-8-18(16)29-21(17)31/h7-8,11-12,28H,5-6,9-10H2,1-4H3,(H,27,32)(H,29,31)/b17-12-. The summed E-state index contributed by atoms with van der Waals surface area (Å²) >= 11 is 0. The highest BCUT2D eigenvalue weighted by Crippen LogP contribution is 2.37. The first-order chi connectivity index (χ1) is 15.5. The Hall–Kier alpha value is -3.27. The molecule has 10 heteroatoms. The molecule has 0 saturated carbocycles. The van der Waals surface area contributed by atoms with E-state index in [1.807, 2.05) is 0 Å². The van der Waals surface area contributed by atoms with Gasteiger partial charge in [0.25, 0.3) is 11.8 Å². The summed E-state index contributed by atoms with van der Waals surface area (Å²) in [6, 6.07) is 3.66. The average Bonchev–Trinajstić information content (AvgIpc) is 3.19. The highest BCUT2D eigenvalue weighted by molar-refractivity contribution is 6.35. The van der Waals surface area contributed by atoms with Gasteiger partial charge in [0.1, 0.15) is 5.75 Å². The third-order valence-electron chi connectivity index (χ3n) is 5.61. The van der Waals surface area contributed by atoms with Crippen molar-refractivity contribution in [3.8, 4) is 5.75 Å². The van der Waals surface area contributed by atoms with Crippen molar-refractivity contribution in [2.24, 2.45) is 0 Å². The normalized spacial score (nSPS) is 14.5. The maximum absolute atomic E-state index is 12.8. The Kier molecular flexibility index (Phi) is 7.16. The predicted octanol–water partition coefficient (Wildman–Crippen LogP) is 4.09. The van der Waals surface area contributed by atoms with Crippen LogP contribution in [0.4, 0.5) is 18.9 Å². The number of carbonyl (C=O) groups is 2. The number of anilines is 1. The predicted molar refractivity (Wildman–Crippen MR) is 120 cm³/mol. The largest absolute Gasteiger partial charge is 0.573 e. The number of nitrogens with one attached hydrogen (secondary N) is 3. The number of aromatic amines is 1. The van der Waals surface area contributed by atoms with Gasteiger partial charge in [-0.2, -0.15) is 0 Å². The molecule has 1 aromatic carbocycles. The van der Waals surface area contributed by atoms with Crippen LogP contribution in [-0.2, 0) is 4.79 Å². The summed E-state index contributed by atoms with van der Waals surface area (Å²) < 4.78 is 41.8. The van der Waals surface area contributed by atoms with E-state index in [1.165, 1.54) is 18.2 Å². The lowest BCUT2D eigenvalue weighted by molar-refractivity contribution is -0.274. The number of H-pyrrole nitrogens is 1. The summed E-state index contributed by atoms with van der Waals surface area (Å²) in [6.07, 6.45) is -3.30. The second-order valence-electron chi connectivity index (χ2n) is 7.71. The minimum absolute atomic E-state index is 0.176. The lowest BCUT2D eigenvalue weighted by atomic mass is 10.0. The molecular formula is C23H27F3N4O3. The van der Waals surface area contributed by atoms with Crippen LogP contribution in [0.1, 0.15) is 46.7 Å². The topological polar surface area (TPSA) is 86.5 Å². The first-order valence-corrected chi connectivity index (χ1v) is 10.7. The number of nitrogens with zero attached hydrogens (tertiary/aromatic N) is 1. The van der Waals surface area contributed by atoms with Crippen LogP contribution in [0, 0.1) is 13.8 Å². The lowest BCUT2D eigenvalue weighted by Gasteiger charge is -2.18. The molecule has 0 spiro atoms. The Labute approximate surface area is 190 Å². The van der Waals surface area contributed by atoms with Crippen molar-refractivity contribution >= 4 is 29.2 Å². The Balaban J connectivity index is 1.86. The molecule has 3 rings (SSSR count). The van der Waals surface area contributed by atoms with Crippen LogP contribution in [0.5, 0.6) is 5.75 Å². The molecule has 178 valence electrons. The first kappa shape index (κ1) is 24.4. The molecule has 0 atom stereocenters. The zero-order chi connectivity index (χ0) is 24.3. The third kappa shape index (κ3) is 5.57. The number of fused-ring (bicyclic) bond motifs is 1. The van der Waals surface area contributed by atoms with Crippen LogP contribution < -0.4 is 15.4 Å². The minimum atomic E-state index is -4.84. The van der Waals surface area contributed by atoms with Gasteiger partial charge in [0.05, 0.1) is 11.1 Å². The summed E-state index contributed by atoms with van der Waals surface area (Å²) in [7, 11) is 0. The fourth-order valence-corrected chi connectivity index (χ4v) is 3.87. The first-order valence-electron chi connectivity index (χ1n) is 10.7. The van der Waals surface area contributed by atoms with E-state index in [1.54, 1.807) is 13.8 Å². The van der Waals surface area contributed by atoms with Crippen molar-refractivity contribution in [1.29, 1.82) is 0 Å². The molecule has 7 nitrogen and oxygen atoms in total. The molecule has 0 radical (unpaired) electrons. The third-order valence-corrected chi connectivity index (χ3v) is 5.61. The zero-order valence-corrected chi connectivity index (χ0v) is 18.9. The van der Waals surface area contributed by atoms with Gasteiger partial charge in [-0.3, -0.25) is 9.59 Å². The van der Waals surface area contributed by atoms with Gasteiger partial charge in [-0.25, -0.2) is 0 Å². The average molecular weight is 464 g/mol. The van der Waals surface area contributed by atoms with Crippen LogP contribution in [-0.4, -0.2) is 54.2 Å². The number of halogens is 3. The van der Waals surface area contributed by atoms with Gasteiger partial charge in [0, 0.05) is 35.7 Å². The number of aromatic nitrogens is 1. The number of carbonyl (C=O) groups excluding carboxylic acids is 2. The summed E-state index contributed by atoms with van der Waals surface area (Å²) in [4.78, 5) is 30.6. The van der Waals surface area contributed by atoms with Crippen LogP contribution in [0.15, 0.2) is 18.2 Å². The SMILES string of the molecule is CCN(CC)CCNC(=O)c1c(C)[nH]c(/C=C2\C(=O)Nc3ccc(OC(F)(F)F)cc32)c1C. The van der Waals surface area contributed by atoms with E-state index in [2.05, 4.69) is 39.1 Å². The fraction of sp³-hybridized carbons (Fsp3) is 0.391. The quantitative estimate of drug-likeness (QED) is 0.514. The monoisotopic (exact) mass is 464 g/mol. The molecule has 0 bridgehead atoms. The van der Waals surface area contributed by atoms with Gasteiger partial charge in [-0.1, -0.05) is 13.8 Å². The Morgan fingerprint density at radius 1 is 1.21 bits per heavy atom. The molecule has 0 aliphatic carbocycles. The van der Waals surface area contributed by atoms with E-state index in [0.717, 1.165) is 25.7 Å². The molecule has 1 aliphatic rings. The number of hydrogen-bond donors (Lipinski definition) is 3. The van der Waals surface area contributed by atoms with Crippen molar-refractivity contribution in [2.75, 3.05) is 31.5 Å². The molecule has 2 heterocycles. The minimum Gasteiger partial charge on any atom is -0.406 e. The van der Waals surface area contributed by atoms with Crippen LogP contribution >= 0.6 is 0 Å². The van der Waals surface area contributed by atoms with E-state index in [9.17, 15) is 22.8 Å². The highest BCUT2D eigenvalue weighted by atomic mass is 19.4. The highest BCUT2D eigenvalue weighted by Gasteiger charge is 2.33.